The number of alkyl carbamates (subject to hydrolysis) is 1. The summed E-state index contributed by atoms with van der Waals surface area (Å²) in [5.74, 6) is 5.09. The third-order valence-corrected chi connectivity index (χ3v) is 6.44. The molecule has 4 rings (SSSR count). The molecule has 0 aliphatic carbocycles. The number of nitrogen functional groups attached to an aromatic ring is 1. The third-order valence-electron chi connectivity index (χ3n) is 6.13. The molecule has 1 unspecified atom stereocenters. The molecule has 2 heterocycles. The van der Waals surface area contributed by atoms with Crippen LogP contribution in [-0.4, -0.2) is 26.5 Å². The predicted octanol–water partition coefficient (Wildman–Crippen LogP) is 7.36. The van der Waals surface area contributed by atoms with Crippen LogP contribution in [-0.2, 0) is 18.2 Å². The van der Waals surface area contributed by atoms with E-state index in [1.165, 1.54) is 12.1 Å². The Balaban J connectivity index is 1.98. The lowest BCUT2D eigenvalue weighted by atomic mass is 9.93. The smallest absolute Gasteiger partial charge is 0.408 e. The maximum absolute atomic E-state index is 14.2. The molecule has 0 radical (unpaired) electrons. The molecule has 0 aliphatic heterocycles. The number of ether oxygens (including phenoxy) is 1. The van der Waals surface area contributed by atoms with E-state index in [1.54, 1.807) is 44.6 Å². The number of amides is 1. The van der Waals surface area contributed by atoms with Gasteiger partial charge in [-0.05, 0) is 89.8 Å². The van der Waals surface area contributed by atoms with Gasteiger partial charge in [0.1, 0.15) is 22.9 Å². The first kappa shape index (κ1) is 30.8. The van der Waals surface area contributed by atoms with Crippen molar-refractivity contribution in [1.82, 2.24) is 20.1 Å². The normalized spacial score (nSPS) is 12.5. The maximum atomic E-state index is 14.2. The van der Waals surface area contributed by atoms with Gasteiger partial charge in [0.05, 0.1) is 27.7 Å². The van der Waals surface area contributed by atoms with Crippen molar-refractivity contribution in [3.63, 3.8) is 0 Å². The topological polar surface area (TPSA) is 95.1 Å². The highest BCUT2D eigenvalue weighted by atomic mass is 35.5. The minimum Gasteiger partial charge on any atom is -0.444 e. The SMILES string of the molecule is Cn1nc(N)c2c(Cl)ccc(-c3ccc(C#CC(C)(C)C)nc3C(Cc3cc(F)cc(F)c3)NC(=O)OC(C)(C)C)c21. The fraction of sp³-hybridized carbons (Fsp3) is 0.344. The number of hydrogen-bond donors (Lipinski definition) is 2. The molecule has 0 spiro atoms. The van der Waals surface area contributed by atoms with Gasteiger partial charge in [0.2, 0.25) is 0 Å². The summed E-state index contributed by atoms with van der Waals surface area (Å²) in [7, 11) is 1.75. The number of nitrogens with one attached hydrogen (secondary N) is 1. The number of hydrogen-bond acceptors (Lipinski definition) is 5. The van der Waals surface area contributed by atoms with Crippen molar-refractivity contribution in [2.24, 2.45) is 12.5 Å². The van der Waals surface area contributed by atoms with Gasteiger partial charge in [-0.15, -0.1) is 0 Å². The highest BCUT2D eigenvalue weighted by molar-refractivity contribution is 6.37. The molecule has 0 saturated heterocycles. The second-order valence-electron chi connectivity index (χ2n) is 12.1. The minimum absolute atomic E-state index is 0.00827. The van der Waals surface area contributed by atoms with Gasteiger partial charge in [-0.1, -0.05) is 23.6 Å². The van der Waals surface area contributed by atoms with Crippen LogP contribution in [0.4, 0.5) is 19.4 Å². The number of halogens is 3. The van der Waals surface area contributed by atoms with Crippen molar-refractivity contribution in [2.75, 3.05) is 5.73 Å². The molecule has 2 aromatic heterocycles. The summed E-state index contributed by atoms with van der Waals surface area (Å²) in [6, 6.07) is 9.52. The molecular weight excluding hydrogens is 560 g/mol. The lowest BCUT2D eigenvalue weighted by Gasteiger charge is -2.25. The fourth-order valence-corrected chi connectivity index (χ4v) is 4.79. The zero-order valence-electron chi connectivity index (χ0n) is 24.7. The van der Waals surface area contributed by atoms with Gasteiger partial charge >= 0.3 is 6.09 Å². The number of anilines is 1. The van der Waals surface area contributed by atoms with E-state index in [0.29, 0.717) is 44.0 Å². The standard InChI is InChI=1S/C32H34ClF2N5O2/c1-31(2,3)13-12-21-8-9-22(23-10-11-24(33)26-28(23)40(7)39-29(26)36)27(37-21)25(38-30(41)42-32(4,5)6)16-18-14-19(34)17-20(35)15-18/h8-11,14-15,17,25H,16H2,1-7H3,(H2,36,39)(H,38,41). The summed E-state index contributed by atoms with van der Waals surface area (Å²) in [6.07, 6.45) is -0.705. The second kappa shape index (κ2) is 11.6. The van der Waals surface area contributed by atoms with Crippen LogP contribution in [0.1, 0.15) is 64.5 Å². The summed E-state index contributed by atoms with van der Waals surface area (Å²) in [5.41, 5.74) is 8.27. The van der Waals surface area contributed by atoms with E-state index in [1.807, 2.05) is 32.9 Å². The third kappa shape index (κ3) is 7.37. The molecule has 0 saturated carbocycles. The number of fused-ring (bicyclic) bond motifs is 1. The van der Waals surface area contributed by atoms with E-state index >= 15 is 0 Å². The number of aryl methyl sites for hydroxylation is 1. The number of aromatic nitrogens is 3. The van der Waals surface area contributed by atoms with E-state index in [2.05, 4.69) is 22.3 Å². The molecule has 10 heteroatoms. The Bertz CT molecular complexity index is 1710. The molecule has 0 bridgehead atoms. The number of carbonyl (C=O) groups is 1. The zero-order valence-corrected chi connectivity index (χ0v) is 25.5. The number of carbonyl (C=O) groups excluding carboxylic acids is 1. The van der Waals surface area contributed by atoms with Crippen LogP contribution in [0.2, 0.25) is 5.02 Å². The van der Waals surface area contributed by atoms with E-state index in [-0.39, 0.29) is 17.7 Å². The molecule has 42 heavy (non-hydrogen) atoms. The molecule has 2 aromatic carbocycles. The maximum Gasteiger partial charge on any atom is 0.408 e. The van der Waals surface area contributed by atoms with Gasteiger partial charge in [0, 0.05) is 29.7 Å². The molecule has 4 aromatic rings. The molecule has 1 atom stereocenters. The first-order valence-electron chi connectivity index (χ1n) is 13.4. The number of nitrogens with two attached hydrogens (primary N) is 1. The van der Waals surface area contributed by atoms with Gasteiger partial charge in [-0.25, -0.2) is 18.6 Å². The van der Waals surface area contributed by atoms with Gasteiger partial charge in [0.25, 0.3) is 0 Å². The molecule has 0 aliphatic rings. The summed E-state index contributed by atoms with van der Waals surface area (Å²) in [5, 5.41) is 8.24. The van der Waals surface area contributed by atoms with Crippen molar-refractivity contribution in [1.29, 1.82) is 0 Å². The summed E-state index contributed by atoms with van der Waals surface area (Å²) < 4.78 is 35.6. The van der Waals surface area contributed by atoms with E-state index in [4.69, 9.17) is 27.1 Å². The summed E-state index contributed by atoms with van der Waals surface area (Å²) in [6.45, 7) is 11.2. The van der Waals surface area contributed by atoms with Gasteiger partial charge in [-0.2, -0.15) is 5.10 Å². The van der Waals surface area contributed by atoms with E-state index < -0.39 is 29.4 Å². The Morgan fingerprint density at radius 3 is 2.33 bits per heavy atom. The molecule has 1 amide bonds. The van der Waals surface area contributed by atoms with E-state index in [0.717, 1.165) is 6.07 Å². The first-order chi connectivity index (χ1) is 19.5. The van der Waals surface area contributed by atoms with Crippen LogP contribution in [0, 0.1) is 28.9 Å². The minimum atomic E-state index is -0.872. The number of pyridine rings is 1. The monoisotopic (exact) mass is 593 g/mol. The highest BCUT2D eigenvalue weighted by Gasteiger charge is 2.27. The van der Waals surface area contributed by atoms with Crippen LogP contribution in [0.25, 0.3) is 22.0 Å². The van der Waals surface area contributed by atoms with Crippen LogP contribution < -0.4 is 11.1 Å². The average molecular weight is 594 g/mol. The quantitative estimate of drug-likeness (QED) is 0.236. The summed E-state index contributed by atoms with van der Waals surface area (Å²) in [4.78, 5) is 18.0. The van der Waals surface area contributed by atoms with Crippen molar-refractivity contribution in [3.05, 3.63) is 76.1 Å². The first-order valence-corrected chi connectivity index (χ1v) is 13.8. The fourth-order valence-electron chi connectivity index (χ4n) is 4.55. The van der Waals surface area contributed by atoms with Gasteiger partial charge in [-0.3, -0.25) is 4.68 Å². The number of benzene rings is 2. The number of rotatable bonds is 5. The van der Waals surface area contributed by atoms with Crippen LogP contribution in [0.3, 0.4) is 0 Å². The lowest BCUT2D eigenvalue weighted by Crippen LogP contribution is -2.36. The van der Waals surface area contributed by atoms with Crippen molar-refractivity contribution in [3.8, 4) is 23.0 Å². The molecule has 220 valence electrons. The Morgan fingerprint density at radius 2 is 1.71 bits per heavy atom. The van der Waals surface area contributed by atoms with Crippen molar-refractivity contribution >= 4 is 34.4 Å². The second-order valence-corrected chi connectivity index (χ2v) is 12.5. The molecule has 3 N–H and O–H groups in total. The van der Waals surface area contributed by atoms with Crippen LogP contribution in [0.15, 0.2) is 42.5 Å². The van der Waals surface area contributed by atoms with Crippen molar-refractivity contribution < 1.29 is 18.3 Å². The van der Waals surface area contributed by atoms with Crippen LogP contribution >= 0.6 is 11.6 Å². The Hall–Kier alpha value is -4.16. The largest absolute Gasteiger partial charge is 0.444 e. The number of nitrogens with zero attached hydrogens (tertiary/aromatic N) is 3. The Kier molecular flexibility index (Phi) is 8.51. The molecule has 7 nitrogen and oxygen atoms in total. The lowest BCUT2D eigenvalue weighted by molar-refractivity contribution is 0.0502. The molecular formula is C32H34ClF2N5O2. The summed E-state index contributed by atoms with van der Waals surface area (Å²) >= 11 is 6.50. The predicted molar refractivity (Wildman–Crippen MR) is 162 cm³/mol. The van der Waals surface area contributed by atoms with Crippen LogP contribution in [0.5, 0.6) is 0 Å². The Labute approximate surface area is 249 Å². The highest BCUT2D eigenvalue weighted by Crippen LogP contribution is 2.39. The average Bonchev–Trinajstić information content (AvgIpc) is 3.15. The van der Waals surface area contributed by atoms with Gasteiger partial charge in [0.15, 0.2) is 5.82 Å². The molecule has 0 fully saturated rings. The zero-order chi connectivity index (χ0) is 31.0. The van der Waals surface area contributed by atoms with Crippen molar-refractivity contribution in [2.45, 2.75) is 59.6 Å². The van der Waals surface area contributed by atoms with E-state index in [9.17, 15) is 13.6 Å². The Morgan fingerprint density at radius 1 is 1.07 bits per heavy atom. The van der Waals surface area contributed by atoms with Gasteiger partial charge < -0.3 is 15.8 Å².